The Kier molecular flexibility index (Phi) is 3.98. The fraction of sp³-hybridized carbons (Fsp3) is 0.333. The first-order valence-electron chi connectivity index (χ1n) is 8.76. The van der Waals surface area contributed by atoms with Gasteiger partial charge in [-0.15, -0.1) is 5.10 Å². The van der Waals surface area contributed by atoms with Gasteiger partial charge in [0.05, 0.1) is 19.9 Å². The Morgan fingerprint density at radius 2 is 2.07 bits per heavy atom. The Morgan fingerprint density at radius 3 is 2.68 bits per heavy atom. The zero-order chi connectivity index (χ0) is 20.1. The van der Waals surface area contributed by atoms with Crippen molar-refractivity contribution in [2.45, 2.75) is 32.0 Å². The van der Waals surface area contributed by atoms with Crippen molar-refractivity contribution < 1.29 is 19.4 Å². The standard InChI is InChI=1S/C18H20N6O4/c1-10(2)24-8-14(21-22-24)18(16(26)19-17(27)20-18)9-23-7-11-4-5-12(28-3)6-13(11)15(23)25/h4-8,10,25H,9H2,1-3H3,(H2,19,20,26,27)/t18-/m0/s1. The zero-order valence-electron chi connectivity index (χ0n) is 15.6. The van der Waals surface area contributed by atoms with E-state index in [1.165, 1.54) is 4.57 Å². The first-order chi connectivity index (χ1) is 13.3. The van der Waals surface area contributed by atoms with Gasteiger partial charge < -0.3 is 19.7 Å². The molecule has 0 radical (unpaired) electrons. The number of fused-ring (bicyclic) bond motifs is 1. The summed E-state index contributed by atoms with van der Waals surface area (Å²) in [6.45, 7) is 3.80. The van der Waals surface area contributed by atoms with Crippen LogP contribution in [0.15, 0.2) is 30.6 Å². The number of urea groups is 1. The van der Waals surface area contributed by atoms with Crippen LogP contribution in [0, 0.1) is 0 Å². The molecule has 1 aliphatic heterocycles. The van der Waals surface area contributed by atoms with E-state index in [1.807, 2.05) is 13.8 Å². The first-order valence-corrected chi connectivity index (χ1v) is 8.76. The van der Waals surface area contributed by atoms with Gasteiger partial charge in [0.1, 0.15) is 11.4 Å². The molecule has 0 unspecified atom stereocenters. The second-order valence-corrected chi connectivity index (χ2v) is 7.02. The normalized spacial score (nSPS) is 19.3. The van der Waals surface area contributed by atoms with Crippen LogP contribution in [-0.2, 0) is 16.9 Å². The minimum absolute atomic E-state index is 0.0356. The number of nitrogens with one attached hydrogen (secondary N) is 2. The van der Waals surface area contributed by atoms with Crippen LogP contribution >= 0.6 is 0 Å². The molecule has 3 heterocycles. The SMILES string of the molecule is COc1ccc2cn(C[C@@]3(c4cn(C(C)C)nn4)NC(=O)NC3=O)c(O)c2c1. The van der Waals surface area contributed by atoms with Crippen LogP contribution in [0.25, 0.3) is 10.8 Å². The molecule has 1 aromatic carbocycles. The molecule has 3 N–H and O–H groups in total. The lowest BCUT2D eigenvalue weighted by Gasteiger charge is -2.24. The molecule has 0 aliphatic carbocycles. The van der Waals surface area contributed by atoms with Gasteiger partial charge in [0, 0.05) is 23.0 Å². The van der Waals surface area contributed by atoms with Crippen LogP contribution in [0.3, 0.4) is 0 Å². The third-order valence-corrected chi connectivity index (χ3v) is 4.89. The van der Waals surface area contributed by atoms with Crippen molar-refractivity contribution in [2.24, 2.45) is 0 Å². The monoisotopic (exact) mass is 384 g/mol. The van der Waals surface area contributed by atoms with E-state index in [9.17, 15) is 14.7 Å². The largest absolute Gasteiger partial charge is 0.497 e. The van der Waals surface area contributed by atoms with Crippen LogP contribution in [0.1, 0.15) is 25.6 Å². The maximum atomic E-state index is 12.7. The Morgan fingerprint density at radius 1 is 1.29 bits per heavy atom. The van der Waals surface area contributed by atoms with E-state index < -0.39 is 17.5 Å². The van der Waals surface area contributed by atoms with E-state index >= 15 is 0 Å². The number of hydrogen-bond acceptors (Lipinski definition) is 6. The minimum Gasteiger partial charge on any atom is -0.497 e. The molecule has 3 aromatic rings. The topological polar surface area (TPSA) is 123 Å². The number of methoxy groups -OCH3 is 1. The van der Waals surface area contributed by atoms with Crippen molar-refractivity contribution >= 4 is 22.7 Å². The molecule has 1 atom stereocenters. The molecule has 0 spiro atoms. The average molecular weight is 384 g/mol. The molecule has 1 saturated heterocycles. The maximum absolute atomic E-state index is 12.7. The van der Waals surface area contributed by atoms with Crippen molar-refractivity contribution in [2.75, 3.05) is 7.11 Å². The third-order valence-electron chi connectivity index (χ3n) is 4.89. The number of rotatable bonds is 5. The number of hydrogen-bond donors (Lipinski definition) is 3. The van der Waals surface area contributed by atoms with Gasteiger partial charge in [-0.25, -0.2) is 9.48 Å². The molecule has 0 bridgehead atoms. The van der Waals surface area contributed by atoms with E-state index in [1.54, 1.807) is 42.4 Å². The number of imide groups is 1. The molecule has 1 aliphatic rings. The molecule has 1 fully saturated rings. The Labute approximate surface area is 160 Å². The molecule has 28 heavy (non-hydrogen) atoms. The highest BCUT2D eigenvalue weighted by Gasteiger charge is 2.50. The summed E-state index contributed by atoms with van der Waals surface area (Å²) in [6, 6.07) is 4.70. The molecule has 2 aromatic heterocycles. The number of aromatic hydroxyl groups is 1. The molecule has 146 valence electrons. The van der Waals surface area contributed by atoms with Crippen molar-refractivity contribution in [3.05, 3.63) is 36.3 Å². The maximum Gasteiger partial charge on any atom is 0.322 e. The summed E-state index contributed by atoms with van der Waals surface area (Å²) in [5.41, 5.74) is -1.19. The summed E-state index contributed by atoms with van der Waals surface area (Å²) in [5, 5.41) is 25.1. The highest BCUT2D eigenvalue weighted by atomic mass is 16.5. The minimum atomic E-state index is -1.49. The van der Waals surface area contributed by atoms with Gasteiger partial charge in [0.15, 0.2) is 11.4 Å². The smallest absolute Gasteiger partial charge is 0.322 e. The van der Waals surface area contributed by atoms with Crippen LogP contribution < -0.4 is 15.4 Å². The molecule has 4 rings (SSSR count). The lowest BCUT2D eigenvalue weighted by Crippen LogP contribution is -2.47. The van der Waals surface area contributed by atoms with E-state index in [0.717, 1.165) is 5.39 Å². The van der Waals surface area contributed by atoms with E-state index in [0.29, 0.717) is 16.8 Å². The molecule has 0 saturated carbocycles. The van der Waals surface area contributed by atoms with Gasteiger partial charge in [-0.05, 0) is 32.0 Å². The van der Waals surface area contributed by atoms with Crippen LogP contribution in [0.4, 0.5) is 4.79 Å². The van der Waals surface area contributed by atoms with Crippen molar-refractivity contribution in [1.82, 2.24) is 30.2 Å². The Balaban J connectivity index is 1.81. The zero-order valence-corrected chi connectivity index (χ0v) is 15.6. The van der Waals surface area contributed by atoms with Gasteiger partial charge in [-0.1, -0.05) is 5.21 Å². The molecular formula is C18H20N6O4. The summed E-state index contributed by atoms with van der Waals surface area (Å²) < 4.78 is 8.31. The number of amides is 3. The molecule has 3 amide bonds. The predicted octanol–water partition coefficient (Wildman–Crippen LogP) is 1.26. The number of ether oxygens (including phenoxy) is 1. The lowest BCUT2D eigenvalue weighted by atomic mass is 9.95. The lowest BCUT2D eigenvalue weighted by molar-refractivity contribution is -0.125. The van der Waals surface area contributed by atoms with Gasteiger partial charge in [-0.3, -0.25) is 10.1 Å². The second-order valence-electron chi connectivity index (χ2n) is 7.02. The number of carbonyl (C=O) groups excluding carboxylic acids is 2. The van der Waals surface area contributed by atoms with Crippen LogP contribution in [0.5, 0.6) is 11.6 Å². The average Bonchev–Trinajstić information content (AvgIpc) is 3.33. The van der Waals surface area contributed by atoms with E-state index in [-0.39, 0.29) is 18.5 Å². The third kappa shape index (κ3) is 2.65. The summed E-state index contributed by atoms with van der Waals surface area (Å²) in [7, 11) is 1.54. The fourth-order valence-corrected chi connectivity index (χ4v) is 3.32. The fourth-order valence-electron chi connectivity index (χ4n) is 3.32. The quantitative estimate of drug-likeness (QED) is 0.569. The first kappa shape index (κ1) is 17.8. The number of benzene rings is 1. The highest BCUT2D eigenvalue weighted by molar-refractivity contribution is 6.07. The Hall–Kier alpha value is -3.56. The summed E-state index contributed by atoms with van der Waals surface area (Å²) in [5.74, 6) is 0.00331. The molecule has 10 nitrogen and oxygen atoms in total. The van der Waals surface area contributed by atoms with Crippen LogP contribution in [-0.4, -0.2) is 43.7 Å². The number of carbonyl (C=O) groups is 2. The summed E-state index contributed by atoms with van der Waals surface area (Å²) >= 11 is 0. The number of aromatic nitrogens is 4. The van der Waals surface area contributed by atoms with Crippen molar-refractivity contribution in [1.29, 1.82) is 0 Å². The van der Waals surface area contributed by atoms with Gasteiger partial charge in [0.2, 0.25) is 0 Å². The highest BCUT2D eigenvalue weighted by Crippen LogP contribution is 2.34. The molecule has 10 heteroatoms. The van der Waals surface area contributed by atoms with Crippen LogP contribution in [0.2, 0.25) is 0 Å². The van der Waals surface area contributed by atoms with Crippen molar-refractivity contribution in [3.8, 4) is 11.6 Å². The Bertz CT molecular complexity index is 1090. The molecular weight excluding hydrogens is 364 g/mol. The van der Waals surface area contributed by atoms with Gasteiger partial charge in [-0.2, -0.15) is 0 Å². The predicted molar refractivity (Wildman–Crippen MR) is 98.9 cm³/mol. The number of nitrogens with zero attached hydrogens (tertiary/aromatic N) is 4. The summed E-state index contributed by atoms with van der Waals surface area (Å²) in [6.07, 6.45) is 3.33. The van der Waals surface area contributed by atoms with E-state index in [2.05, 4.69) is 20.9 Å². The van der Waals surface area contributed by atoms with Crippen molar-refractivity contribution in [3.63, 3.8) is 0 Å². The summed E-state index contributed by atoms with van der Waals surface area (Å²) in [4.78, 5) is 24.7. The van der Waals surface area contributed by atoms with Gasteiger partial charge >= 0.3 is 6.03 Å². The van der Waals surface area contributed by atoms with E-state index in [4.69, 9.17) is 4.74 Å². The second kappa shape index (κ2) is 6.25. The van der Waals surface area contributed by atoms with Gasteiger partial charge in [0.25, 0.3) is 5.91 Å².